The van der Waals surface area contributed by atoms with Crippen molar-refractivity contribution in [2.45, 2.75) is 6.42 Å². The van der Waals surface area contributed by atoms with E-state index < -0.39 is 0 Å². The van der Waals surface area contributed by atoms with Gasteiger partial charge in [-0.3, -0.25) is 4.79 Å². The molecule has 1 saturated heterocycles. The summed E-state index contributed by atoms with van der Waals surface area (Å²) in [4.78, 5) is 12.1. The Morgan fingerprint density at radius 2 is 2.38 bits per heavy atom. The highest BCUT2D eigenvalue weighted by Gasteiger charge is 2.23. The van der Waals surface area contributed by atoms with Crippen molar-refractivity contribution >= 4 is 21.7 Å². The first-order valence-electron chi connectivity index (χ1n) is 5.31. The molecule has 2 rings (SSSR count). The Morgan fingerprint density at radius 3 is 2.94 bits per heavy atom. The summed E-state index contributed by atoms with van der Waals surface area (Å²) in [6.07, 6.45) is 0.933. The van der Waals surface area contributed by atoms with E-state index in [0.717, 1.165) is 35.3 Å². The largest absolute Gasteiger partial charge is 0.496 e. The number of Topliss-reactive ketones (excluding diaryl/α,β-unsaturated/α-hetero) is 1. The summed E-state index contributed by atoms with van der Waals surface area (Å²) in [6, 6.07) is 5.48. The van der Waals surface area contributed by atoms with E-state index >= 15 is 0 Å². The molecule has 1 aliphatic heterocycles. The molecule has 0 spiro atoms. The first kappa shape index (κ1) is 11.6. The van der Waals surface area contributed by atoms with Gasteiger partial charge >= 0.3 is 0 Å². The van der Waals surface area contributed by atoms with Gasteiger partial charge < -0.3 is 10.1 Å². The second-order valence-corrected chi connectivity index (χ2v) is 4.76. The van der Waals surface area contributed by atoms with Gasteiger partial charge in [0.05, 0.1) is 11.6 Å². The average Bonchev–Trinajstić information content (AvgIpc) is 2.81. The zero-order valence-corrected chi connectivity index (χ0v) is 10.7. The van der Waals surface area contributed by atoms with Crippen LogP contribution in [-0.2, 0) is 0 Å². The van der Waals surface area contributed by atoms with Crippen LogP contribution < -0.4 is 10.1 Å². The number of halogens is 1. The lowest BCUT2D eigenvalue weighted by Crippen LogP contribution is -2.17. The Hall–Kier alpha value is -0.870. The maximum atomic E-state index is 12.1. The van der Waals surface area contributed by atoms with Gasteiger partial charge in [-0.15, -0.1) is 0 Å². The van der Waals surface area contributed by atoms with Crippen molar-refractivity contribution in [2.75, 3.05) is 20.2 Å². The highest BCUT2D eigenvalue weighted by Crippen LogP contribution is 2.27. The van der Waals surface area contributed by atoms with Crippen molar-refractivity contribution in [3.8, 4) is 5.75 Å². The minimum atomic E-state index is 0.125. The fraction of sp³-hybridized carbons (Fsp3) is 0.417. The van der Waals surface area contributed by atoms with Gasteiger partial charge in [0.25, 0.3) is 0 Å². The molecule has 1 aromatic carbocycles. The molecular formula is C12H14BrNO2. The number of ether oxygens (including phenoxy) is 1. The number of rotatable bonds is 3. The number of benzene rings is 1. The number of nitrogens with one attached hydrogen (secondary N) is 1. The van der Waals surface area contributed by atoms with Crippen molar-refractivity contribution in [2.24, 2.45) is 5.92 Å². The first-order chi connectivity index (χ1) is 7.72. The normalized spacial score (nSPS) is 19.8. The molecule has 3 nitrogen and oxygen atoms in total. The summed E-state index contributed by atoms with van der Waals surface area (Å²) in [5.74, 6) is 1.09. The molecule has 1 unspecified atom stereocenters. The standard InChI is InChI=1S/C12H14BrNO2/c1-16-11-3-2-8(6-10(11)13)12(15)9-4-5-14-7-9/h2-3,6,9,14H,4-5,7H2,1H3. The van der Waals surface area contributed by atoms with E-state index in [9.17, 15) is 4.79 Å². The van der Waals surface area contributed by atoms with Gasteiger partial charge in [-0.2, -0.15) is 0 Å². The van der Waals surface area contributed by atoms with Gasteiger partial charge in [0.1, 0.15) is 5.75 Å². The van der Waals surface area contributed by atoms with Gasteiger partial charge in [0.15, 0.2) is 5.78 Å². The number of hydrogen-bond donors (Lipinski definition) is 1. The lowest BCUT2D eigenvalue weighted by molar-refractivity contribution is 0.0930. The van der Waals surface area contributed by atoms with Crippen molar-refractivity contribution in [3.05, 3.63) is 28.2 Å². The van der Waals surface area contributed by atoms with E-state index in [-0.39, 0.29) is 11.7 Å². The second kappa shape index (κ2) is 4.97. The number of carbonyl (C=O) groups excluding carboxylic acids is 1. The number of hydrogen-bond acceptors (Lipinski definition) is 3. The van der Waals surface area contributed by atoms with Crippen molar-refractivity contribution in [1.82, 2.24) is 5.32 Å². The lowest BCUT2D eigenvalue weighted by atomic mass is 9.97. The van der Waals surface area contributed by atoms with E-state index in [1.54, 1.807) is 7.11 Å². The van der Waals surface area contributed by atoms with Crippen LogP contribution in [0.25, 0.3) is 0 Å². The maximum Gasteiger partial charge on any atom is 0.167 e. The molecule has 1 aromatic rings. The Kier molecular flexibility index (Phi) is 3.61. The summed E-state index contributed by atoms with van der Waals surface area (Å²) in [5.41, 5.74) is 0.751. The summed E-state index contributed by atoms with van der Waals surface area (Å²) < 4.78 is 5.96. The van der Waals surface area contributed by atoms with Crippen LogP contribution in [0.1, 0.15) is 16.8 Å². The Balaban J connectivity index is 2.20. The third-order valence-corrected chi connectivity index (χ3v) is 3.49. The number of methoxy groups -OCH3 is 1. The maximum absolute atomic E-state index is 12.1. The molecule has 4 heteroatoms. The second-order valence-electron chi connectivity index (χ2n) is 3.90. The molecule has 0 bridgehead atoms. The van der Waals surface area contributed by atoms with Gasteiger partial charge in [-0.25, -0.2) is 0 Å². The molecule has 0 aromatic heterocycles. The van der Waals surface area contributed by atoms with Crippen LogP contribution >= 0.6 is 15.9 Å². The van der Waals surface area contributed by atoms with Gasteiger partial charge in [-0.05, 0) is 47.1 Å². The zero-order valence-electron chi connectivity index (χ0n) is 9.13. The Morgan fingerprint density at radius 1 is 1.56 bits per heavy atom. The number of ketones is 1. The summed E-state index contributed by atoms with van der Waals surface area (Å²) in [6.45, 7) is 1.73. The van der Waals surface area contributed by atoms with Crippen LogP contribution in [0.15, 0.2) is 22.7 Å². The van der Waals surface area contributed by atoms with Gasteiger partial charge in [-0.1, -0.05) is 0 Å². The number of carbonyl (C=O) groups is 1. The Bertz CT molecular complexity index is 400. The molecule has 0 aliphatic carbocycles. The van der Waals surface area contributed by atoms with Gasteiger partial charge in [0.2, 0.25) is 0 Å². The molecule has 0 amide bonds. The SMILES string of the molecule is COc1ccc(C(=O)C2CCNC2)cc1Br. The zero-order chi connectivity index (χ0) is 11.5. The molecule has 0 radical (unpaired) electrons. The minimum Gasteiger partial charge on any atom is -0.496 e. The van der Waals surface area contributed by atoms with Crippen LogP contribution in [0.2, 0.25) is 0 Å². The lowest BCUT2D eigenvalue weighted by Gasteiger charge is -2.09. The van der Waals surface area contributed by atoms with Crippen LogP contribution in [0.5, 0.6) is 5.75 Å². The minimum absolute atomic E-state index is 0.125. The molecular weight excluding hydrogens is 270 g/mol. The summed E-state index contributed by atoms with van der Waals surface area (Å²) in [7, 11) is 1.61. The predicted molar refractivity (Wildman–Crippen MR) is 66.0 cm³/mol. The molecule has 1 fully saturated rings. The predicted octanol–water partition coefficient (Wildman–Crippen LogP) is 2.25. The molecule has 86 valence electrons. The highest BCUT2D eigenvalue weighted by atomic mass is 79.9. The summed E-state index contributed by atoms with van der Waals surface area (Å²) >= 11 is 3.39. The molecule has 0 saturated carbocycles. The smallest absolute Gasteiger partial charge is 0.167 e. The van der Waals surface area contributed by atoms with E-state index in [1.807, 2.05) is 18.2 Å². The molecule has 16 heavy (non-hydrogen) atoms. The van der Waals surface area contributed by atoms with Crippen molar-refractivity contribution < 1.29 is 9.53 Å². The van der Waals surface area contributed by atoms with Crippen LogP contribution in [-0.4, -0.2) is 26.0 Å². The van der Waals surface area contributed by atoms with Crippen molar-refractivity contribution in [1.29, 1.82) is 0 Å². The van der Waals surface area contributed by atoms with E-state index in [4.69, 9.17) is 4.74 Å². The molecule has 1 aliphatic rings. The van der Waals surface area contributed by atoms with Gasteiger partial charge in [0, 0.05) is 18.0 Å². The van der Waals surface area contributed by atoms with E-state index in [0.29, 0.717) is 0 Å². The average molecular weight is 284 g/mol. The third-order valence-electron chi connectivity index (χ3n) is 2.87. The monoisotopic (exact) mass is 283 g/mol. The topological polar surface area (TPSA) is 38.3 Å². The van der Waals surface area contributed by atoms with Crippen LogP contribution in [0.4, 0.5) is 0 Å². The first-order valence-corrected chi connectivity index (χ1v) is 6.10. The van der Waals surface area contributed by atoms with Crippen LogP contribution in [0, 0.1) is 5.92 Å². The fourth-order valence-corrected chi connectivity index (χ4v) is 2.47. The van der Waals surface area contributed by atoms with E-state index in [2.05, 4.69) is 21.2 Å². The molecule has 1 N–H and O–H groups in total. The molecule has 1 heterocycles. The van der Waals surface area contributed by atoms with Crippen LogP contribution in [0.3, 0.4) is 0 Å². The summed E-state index contributed by atoms with van der Waals surface area (Å²) in [5, 5.41) is 3.20. The Labute approximate surface area is 103 Å². The van der Waals surface area contributed by atoms with Crippen molar-refractivity contribution in [3.63, 3.8) is 0 Å². The highest BCUT2D eigenvalue weighted by molar-refractivity contribution is 9.10. The molecule has 1 atom stereocenters. The third kappa shape index (κ3) is 2.28. The fourth-order valence-electron chi connectivity index (χ4n) is 1.93. The van der Waals surface area contributed by atoms with E-state index in [1.165, 1.54) is 0 Å². The quantitative estimate of drug-likeness (QED) is 0.865.